The van der Waals surface area contributed by atoms with E-state index in [1.807, 2.05) is 0 Å². The summed E-state index contributed by atoms with van der Waals surface area (Å²) in [6, 6.07) is 8.60. The third kappa shape index (κ3) is 2.05. The fourth-order valence-corrected chi connectivity index (χ4v) is 0.909. The Hall–Kier alpha value is -1.84. The van der Waals surface area contributed by atoms with Crippen molar-refractivity contribution in [3.63, 3.8) is 0 Å². The lowest BCUT2D eigenvalue weighted by Crippen LogP contribution is -2.16. The molecule has 68 valence electrons. The quantitative estimate of drug-likeness (QED) is 0.319. The van der Waals surface area contributed by atoms with E-state index in [9.17, 15) is 4.79 Å². The van der Waals surface area contributed by atoms with Crippen molar-refractivity contribution < 1.29 is 14.7 Å². The first kappa shape index (κ1) is 9.25. The summed E-state index contributed by atoms with van der Waals surface area (Å²) in [7, 11) is 1.23. The molecule has 0 unspecified atom stereocenters. The second-order valence-corrected chi connectivity index (χ2v) is 2.31. The van der Waals surface area contributed by atoms with E-state index in [2.05, 4.69) is 9.89 Å². The van der Waals surface area contributed by atoms with Crippen molar-refractivity contribution in [3.8, 4) is 0 Å². The molecule has 0 bridgehead atoms. The van der Waals surface area contributed by atoms with Crippen molar-refractivity contribution in [1.82, 2.24) is 0 Å². The zero-order valence-electron chi connectivity index (χ0n) is 7.10. The fourth-order valence-electron chi connectivity index (χ4n) is 0.909. The zero-order valence-corrected chi connectivity index (χ0v) is 7.10. The maximum atomic E-state index is 11.0. The molecule has 0 aliphatic carbocycles. The Morgan fingerprint density at radius 2 is 2.00 bits per heavy atom. The van der Waals surface area contributed by atoms with Crippen molar-refractivity contribution in [3.05, 3.63) is 35.9 Å². The first-order valence-electron chi connectivity index (χ1n) is 3.65. The molecule has 0 spiro atoms. The molecule has 0 aliphatic rings. The third-order valence-corrected chi connectivity index (χ3v) is 1.53. The van der Waals surface area contributed by atoms with Crippen LogP contribution in [0, 0.1) is 0 Å². The maximum absolute atomic E-state index is 11.0. The van der Waals surface area contributed by atoms with Crippen molar-refractivity contribution in [2.75, 3.05) is 7.11 Å². The molecule has 0 heterocycles. The average molecular weight is 179 g/mol. The van der Waals surface area contributed by atoms with Gasteiger partial charge in [0.1, 0.15) is 0 Å². The molecule has 0 aliphatic heterocycles. The van der Waals surface area contributed by atoms with Crippen LogP contribution >= 0.6 is 0 Å². The van der Waals surface area contributed by atoms with Gasteiger partial charge in [-0.05, 0) is 0 Å². The van der Waals surface area contributed by atoms with E-state index in [-0.39, 0.29) is 5.71 Å². The van der Waals surface area contributed by atoms with Gasteiger partial charge in [0.05, 0.1) is 7.11 Å². The fraction of sp³-hybridized carbons (Fsp3) is 0.111. The SMILES string of the molecule is COC(=O)/C(=N\O)c1ccccc1. The monoisotopic (exact) mass is 179 g/mol. The lowest BCUT2D eigenvalue weighted by molar-refractivity contribution is -0.132. The summed E-state index contributed by atoms with van der Waals surface area (Å²) in [5, 5.41) is 11.4. The summed E-state index contributed by atoms with van der Waals surface area (Å²) >= 11 is 0. The molecule has 0 radical (unpaired) electrons. The highest BCUT2D eigenvalue weighted by atomic mass is 16.5. The number of esters is 1. The number of carbonyl (C=O) groups excluding carboxylic acids is 1. The maximum Gasteiger partial charge on any atom is 0.360 e. The first-order valence-corrected chi connectivity index (χ1v) is 3.65. The third-order valence-electron chi connectivity index (χ3n) is 1.53. The molecule has 4 heteroatoms. The Kier molecular flexibility index (Phi) is 3.03. The van der Waals surface area contributed by atoms with Crippen molar-refractivity contribution in [2.45, 2.75) is 0 Å². The highest BCUT2D eigenvalue weighted by molar-refractivity contribution is 6.43. The summed E-state index contributed by atoms with van der Waals surface area (Å²) in [5.74, 6) is -0.659. The summed E-state index contributed by atoms with van der Waals surface area (Å²) in [4.78, 5) is 11.0. The molecule has 4 nitrogen and oxygen atoms in total. The van der Waals surface area contributed by atoms with Gasteiger partial charge in [-0.3, -0.25) is 0 Å². The predicted molar refractivity (Wildman–Crippen MR) is 46.8 cm³/mol. The Labute approximate surface area is 75.4 Å². The number of nitrogens with zero attached hydrogens (tertiary/aromatic N) is 1. The number of benzene rings is 1. The molecule has 0 atom stereocenters. The van der Waals surface area contributed by atoms with E-state index in [4.69, 9.17) is 5.21 Å². The molecule has 13 heavy (non-hydrogen) atoms. The average Bonchev–Trinajstić information content (AvgIpc) is 2.20. The van der Waals surface area contributed by atoms with Crippen LogP contribution in [0.2, 0.25) is 0 Å². The molecular weight excluding hydrogens is 170 g/mol. The minimum Gasteiger partial charge on any atom is -0.464 e. The summed E-state index contributed by atoms with van der Waals surface area (Å²) in [6.45, 7) is 0. The normalized spacial score (nSPS) is 11.0. The molecule has 1 N–H and O–H groups in total. The van der Waals surface area contributed by atoms with E-state index < -0.39 is 5.97 Å². The van der Waals surface area contributed by atoms with Crippen molar-refractivity contribution in [1.29, 1.82) is 0 Å². The molecular formula is C9H9NO3. The molecule has 1 rings (SSSR count). The number of methoxy groups -OCH3 is 1. The smallest absolute Gasteiger partial charge is 0.360 e. The number of oxime groups is 1. The van der Waals surface area contributed by atoms with Crippen LogP contribution < -0.4 is 0 Å². The zero-order chi connectivity index (χ0) is 9.68. The van der Waals surface area contributed by atoms with Gasteiger partial charge < -0.3 is 9.94 Å². The van der Waals surface area contributed by atoms with Crippen molar-refractivity contribution in [2.24, 2.45) is 5.16 Å². The van der Waals surface area contributed by atoms with Gasteiger partial charge in [-0.1, -0.05) is 35.5 Å². The Balaban J connectivity index is 3.00. The molecule has 0 fully saturated rings. The van der Waals surface area contributed by atoms with Crippen LogP contribution in [0.4, 0.5) is 0 Å². The Morgan fingerprint density at radius 1 is 1.38 bits per heavy atom. The van der Waals surface area contributed by atoms with Crippen LogP contribution in [-0.4, -0.2) is 24.0 Å². The van der Waals surface area contributed by atoms with Crippen LogP contribution in [0.25, 0.3) is 0 Å². The van der Waals surface area contributed by atoms with Crippen LogP contribution in [-0.2, 0) is 9.53 Å². The Morgan fingerprint density at radius 3 is 2.46 bits per heavy atom. The van der Waals surface area contributed by atoms with Crippen LogP contribution in [0.5, 0.6) is 0 Å². The number of hydrogen-bond acceptors (Lipinski definition) is 4. The second-order valence-electron chi connectivity index (χ2n) is 2.31. The predicted octanol–water partition coefficient (Wildman–Crippen LogP) is 1.04. The molecule has 0 amide bonds. The molecule has 1 aromatic rings. The number of carbonyl (C=O) groups is 1. The second kappa shape index (κ2) is 4.25. The van der Waals surface area contributed by atoms with Crippen LogP contribution in [0.15, 0.2) is 35.5 Å². The van der Waals surface area contributed by atoms with E-state index in [0.29, 0.717) is 5.56 Å². The van der Waals surface area contributed by atoms with Gasteiger partial charge in [0.2, 0.25) is 0 Å². The largest absolute Gasteiger partial charge is 0.464 e. The highest BCUT2D eigenvalue weighted by Gasteiger charge is 2.13. The van der Waals surface area contributed by atoms with E-state index in [0.717, 1.165) is 0 Å². The number of hydrogen-bond donors (Lipinski definition) is 1. The van der Waals surface area contributed by atoms with Gasteiger partial charge in [0.15, 0.2) is 5.71 Å². The number of ether oxygens (including phenoxy) is 1. The summed E-state index contributed by atoms with van der Waals surface area (Å²) < 4.78 is 4.43. The van der Waals surface area contributed by atoms with E-state index in [1.165, 1.54) is 7.11 Å². The van der Waals surface area contributed by atoms with Crippen molar-refractivity contribution >= 4 is 11.7 Å². The minimum atomic E-state index is -0.659. The first-order chi connectivity index (χ1) is 6.29. The standard InChI is InChI=1S/C9H9NO3/c1-13-9(11)8(10-12)7-5-3-2-4-6-7/h2-6,12H,1H3/b10-8-. The van der Waals surface area contributed by atoms with Gasteiger partial charge >= 0.3 is 5.97 Å². The summed E-state index contributed by atoms with van der Waals surface area (Å²) in [5.41, 5.74) is 0.431. The minimum absolute atomic E-state index is 0.0944. The molecule has 0 saturated heterocycles. The summed E-state index contributed by atoms with van der Waals surface area (Å²) in [6.07, 6.45) is 0. The van der Waals surface area contributed by atoms with Crippen LogP contribution in [0.1, 0.15) is 5.56 Å². The molecule has 0 aromatic heterocycles. The van der Waals surface area contributed by atoms with Crippen LogP contribution in [0.3, 0.4) is 0 Å². The molecule has 0 saturated carbocycles. The van der Waals surface area contributed by atoms with Gasteiger partial charge in [-0.25, -0.2) is 4.79 Å². The van der Waals surface area contributed by atoms with Gasteiger partial charge in [0.25, 0.3) is 0 Å². The van der Waals surface area contributed by atoms with Gasteiger partial charge in [0, 0.05) is 5.56 Å². The lowest BCUT2D eigenvalue weighted by Gasteiger charge is -2.00. The number of rotatable bonds is 2. The highest BCUT2D eigenvalue weighted by Crippen LogP contribution is 2.01. The van der Waals surface area contributed by atoms with E-state index >= 15 is 0 Å². The lowest BCUT2D eigenvalue weighted by atomic mass is 10.1. The van der Waals surface area contributed by atoms with Gasteiger partial charge in [-0.2, -0.15) is 0 Å². The topological polar surface area (TPSA) is 58.9 Å². The van der Waals surface area contributed by atoms with E-state index in [1.54, 1.807) is 30.3 Å². The van der Waals surface area contributed by atoms with Gasteiger partial charge in [-0.15, -0.1) is 0 Å². The Bertz CT molecular complexity index is 319. The molecule has 1 aromatic carbocycles.